The van der Waals surface area contributed by atoms with Gasteiger partial charge in [0, 0.05) is 39.3 Å². The maximum atomic E-state index is 8.86. The monoisotopic (exact) mass is 293 g/mol. The zero-order chi connectivity index (χ0) is 15.2. The van der Waals surface area contributed by atoms with Gasteiger partial charge in [-0.3, -0.25) is 4.90 Å². The maximum Gasteiger partial charge on any atom is 0.173 e. The maximum absolute atomic E-state index is 8.86. The third-order valence-corrected chi connectivity index (χ3v) is 3.62. The van der Waals surface area contributed by atoms with Crippen molar-refractivity contribution in [3.05, 3.63) is 17.8 Å². The minimum atomic E-state index is 0.0648. The first-order valence-corrected chi connectivity index (χ1v) is 7.03. The Morgan fingerprint density at radius 3 is 2.71 bits per heavy atom. The number of aromatic nitrogens is 2. The third kappa shape index (κ3) is 4.02. The molecule has 2 heterocycles. The molecule has 0 unspecified atom stereocenters. The Morgan fingerprint density at radius 2 is 2.10 bits per heavy atom. The molecule has 8 heteroatoms. The summed E-state index contributed by atoms with van der Waals surface area (Å²) < 4.78 is 0. The number of anilines is 1. The molecular formula is C13H23N7O. The molecule has 1 fully saturated rings. The van der Waals surface area contributed by atoms with Crippen molar-refractivity contribution in [2.45, 2.75) is 0 Å². The summed E-state index contributed by atoms with van der Waals surface area (Å²) in [6.07, 6.45) is 1.55. The van der Waals surface area contributed by atoms with Gasteiger partial charge >= 0.3 is 0 Å². The fourth-order valence-corrected chi connectivity index (χ4v) is 2.34. The first-order chi connectivity index (χ1) is 10.1. The Bertz CT molecular complexity index is 483. The Hall–Kier alpha value is -1.93. The van der Waals surface area contributed by atoms with Crippen LogP contribution in [-0.2, 0) is 0 Å². The van der Waals surface area contributed by atoms with Gasteiger partial charge in [-0.15, -0.1) is 5.10 Å². The van der Waals surface area contributed by atoms with Gasteiger partial charge in [-0.05, 0) is 20.2 Å². The molecule has 0 aromatic carbocycles. The fourth-order valence-electron chi connectivity index (χ4n) is 2.34. The molecule has 8 nitrogen and oxygen atoms in total. The molecule has 0 atom stereocenters. The lowest BCUT2D eigenvalue weighted by atomic mass is 10.2. The van der Waals surface area contributed by atoms with Gasteiger partial charge < -0.3 is 20.7 Å². The summed E-state index contributed by atoms with van der Waals surface area (Å²) >= 11 is 0. The van der Waals surface area contributed by atoms with Gasteiger partial charge in [-0.1, -0.05) is 5.16 Å². The zero-order valence-electron chi connectivity index (χ0n) is 12.6. The lowest BCUT2D eigenvalue weighted by Gasteiger charge is -2.36. The Morgan fingerprint density at radius 1 is 1.38 bits per heavy atom. The number of piperazine rings is 1. The van der Waals surface area contributed by atoms with Crippen LogP contribution in [-0.4, -0.2) is 84.4 Å². The summed E-state index contributed by atoms with van der Waals surface area (Å²) in [6, 6.07) is 1.72. The number of hydrogen-bond donors (Lipinski definition) is 2. The van der Waals surface area contributed by atoms with Gasteiger partial charge in [0.05, 0.1) is 11.8 Å². The fraction of sp³-hybridized carbons (Fsp3) is 0.615. The van der Waals surface area contributed by atoms with E-state index in [1.165, 1.54) is 0 Å². The molecule has 1 aromatic rings. The zero-order valence-corrected chi connectivity index (χ0v) is 12.6. The van der Waals surface area contributed by atoms with E-state index in [0.717, 1.165) is 39.3 Å². The number of oxime groups is 1. The quantitative estimate of drug-likeness (QED) is 0.319. The summed E-state index contributed by atoms with van der Waals surface area (Å²) in [4.78, 5) is 6.74. The smallest absolute Gasteiger partial charge is 0.173 e. The lowest BCUT2D eigenvalue weighted by molar-refractivity contribution is 0.229. The van der Waals surface area contributed by atoms with Crippen LogP contribution in [0.2, 0.25) is 0 Å². The van der Waals surface area contributed by atoms with Crippen LogP contribution in [0.25, 0.3) is 0 Å². The van der Waals surface area contributed by atoms with E-state index in [4.69, 9.17) is 10.9 Å². The van der Waals surface area contributed by atoms with Crippen LogP contribution in [0.5, 0.6) is 0 Å². The van der Waals surface area contributed by atoms with E-state index < -0.39 is 0 Å². The molecule has 0 spiro atoms. The molecule has 1 aromatic heterocycles. The first kappa shape index (κ1) is 15.5. The molecule has 1 saturated heterocycles. The first-order valence-electron chi connectivity index (χ1n) is 7.03. The van der Waals surface area contributed by atoms with Crippen molar-refractivity contribution in [2.24, 2.45) is 10.9 Å². The van der Waals surface area contributed by atoms with Gasteiger partial charge in [0.15, 0.2) is 11.7 Å². The second-order valence-electron chi connectivity index (χ2n) is 5.39. The summed E-state index contributed by atoms with van der Waals surface area (Å²) in [7, 11) is 4.16. The van der Waals surface area contributed by atoms with Gasteiger partial charge in [-0.2, -0.15) is 5.10 Å². The van der Waals surface area contributed by atoms with Gasteiger partial charge in [0.25, 0.3) is 0 Å². The van der Waals surface area contributed by atoms with E-state index in [1.807, 2.05) is 0 Å². The SMILES string of the molecule is CN(C)CCN1CCN(c2nnccc2/C(N)=N/O)CC1. The Kier molecular flexibility index (Phi) is 5.29. The third-order valence-electron chi connectivity index (χ3n) is 3.62. The van der Waals surface area contributed by atoms with E-state index >= 15 is 0 Å². The molecule has 0 amide bonds. The van der Waals surface area contributed by atoms with E-state index in [1.54, 1.807) is 12.3 Å². The van der Waals surface area contributed by atoms with Crippen molar-refractivity contribution < 1.29 is 5.21 Å². The molecule has 0 aliphatic carbocycles. The van der Waals surface area contributed by atoms with Crippen LogP contribution < -0.4 is 10.6 Å². The van der Waals surface area contributed by atoms with Crippen molar-refractivity contribution in [3.8, 4) is 0 Å². The van der Waals surface area contributed by atoms with E-state index in [9.17, 15) is 0 Å². The molecule has 0 bridgehead atoms. The highest BCUT2D eigenvalue weighted by molar-refractivity contribution is 6.01. The van der Waals surface area contributed by atoms with Crippen LogP contribution in [0.15, 0.2) is 17.4 Å². The van der Waals surface area contributed by atoms with E-state index in [0.29, 0.717) is 11.4 Å². The minimum absolute atomic E-state index is 0.0648. The predicted octanol–water partition coefficient (Wildman–Crippen LogP) is -0.745. The van der Waals surface area contributed by atoms with Crippen LogP contribution in [0, 0.1) is 0 Å². The number of rotatable bonds is 5. The average molecular weight is 293 g/mol. The summed E-state index contributed by atoms with van der Waals surface area (Å²) in [5.74, 6) is 0.745. The van der Waals surface area contributed by atoms with Crippen molar-refractivity contribution in [2.75, 3.05) is 58.3 Å². The predicted molar refractivity (Wildman–Crippen MR) is 81.7 cm³/mol. The van der Waals surface area contributed by atoms with Crippen molar-refractivity contribution >= 4 is 11.7 Å². The van der Waals surface area contributed by atoms with Gasteiger partial charge in [-0.25, -0.2) is 0 Å². The molecule has 0 saturated carbocycles. The second-order valence-corrected chi connectivity index (χ2v) is 5.39. The van der Waals surface area contributed by atoms with E-state index in [-0.39, 0.29) is 5.84 Å². The molecule has 3 N–H and O–H groups in total. The molecule has 21 heavy (non-hydrogen) atoms. The molecule has 2 rings (SSSR count). The molecule has 116 valence electrons. The molecular weight excluding hydrogens is 270 g/mol. The topological polar surface area (TPSA) is 94.1 Å². The number of nitrogens with zero attached hydrogens (tertiary/aromatic N) is 6. The highest BCUT2D eigenvalue weighted by atomic mass is 16.4. The largest absolute Gasteiger partial charge is 0.409 e. The standard InChI is InChI=1S/C13H23N7O/c1-18(2)5-6-19-7-9-20(10-8-19)13-11(12(14)17-21)3-4-15-16-13/h3-4,21H,5-10H2,1-2H3,(H2,14,17). The van der Waals surface area contributed by atoms with Crippen LogP contribution in [0.1, 0.15) is 5.56 Å². The molecule has 1 aliphatic heterocycles. The van der Waals surface area contributed by atoms with Gasteiger partial charge in [0.1, 0.15) is 0 Å². The minimum Gasteiger partial charge on any atom is -0.409 e. The summed E-state index contributed by atoms with van der Waals surface area (Å²) in [6.45, 7) is 5.78. The van der Waals surface area contributed by atoms with Crippen LogP contribution in [0.3, 0.4) is 0 Å². The number of hydrogen-bond acceptors (Lipinski definition) is 7. The summed E-state index contributed by atoms with van der Waals surface area (Å²) in [5, 5.41) is 20.0. The van der Waals surface area contributed by atoms with Crippen LogP contribution >= 0.6 is 0 Å². The van der Waals surface area contributed by atoms with Crippen molar-refractivity contribution in [1.29, 1.82) is 0 Å². The Balaban J connectivity index is 1.99. The van der Waals surface area contributed by atoms with Crippen molar-refractivity contribution in [3.63, 3.8) is 0 Å². The number of amidine groups is 1. The number of nitrogens with two attached hydrogens (primary N) is 1. The lowest BCUT2D eigenvalue weighted by Crippen LogP contribution is -2.48. The van der Waals surface area contributed by atoms with E-state index in [2.05, 4.69) is 44.1 Å². The summed E-state index contributed by atoms with van der Waals surface area (Å²) in [5.41, 5.74) is 6.32. The van der Waals surface area contributed by atoms with Gasteiger partial charge in [0.2, 0.25) is 0 Å². The van der Waals surface area contributed by atoms with Crippen LogP contribution in [0.4, 0.5) is 5.82 Å². The van der Waals surface area contributed by atoms with Crippen molar-refractivity contribution in [1.82, 2.24) is 20.0 Å². The average Bonchev–Trinajstić information content (AvgIpc) is 2.52. The molecule has 0 radical (unpaired) electrons. The highest BCUT2D eigenvalue weighted by Gasteiger charge is 2.21. The normalized spacial score (nSPS) is 17.5. The molecule has 1 aliphatic rings. The number of likely N-dealkylation sites (N-methyl/N-ethyl adjacent to an activating group) is 1. The highest BCUT2D eigenvalue weighted by Crippen LogP contribution is 2.17. The Labute approximate surface area is 124 Å². The second kappa shape index (κ2) is 7.19.